The van der Waals surface area contributed by atoms with Crippen molar-refractivity contribution in [3.8, 4) is 0 Å². The topological polar surface area (TPSA) is 29.1 Å². The zero-order valence-electron chi connectivity index (χ0n) is 9.21. The summed E-state index contributed by atoms with van der Waals surface area (Å²) < 4.78 is 0. The summed E-state index contributed by atoms with van der Waals surface area (Å²) in [7, 11) is 0. The van der Waals surface area contributed by atoms with E-state index in [0.29, 0.717) is 6.54 Å². The lowest BCUT2D eigenvalue weighted by Crippen LogP contribution is -2.26. The predicted molar refractivity (Wildman–Crippen MR) is 66.5 cm³/mol. The van der Waals surface area contributed by atoms with Crippen molar-refractivity contribution in [1.29, 1.82) is 0 Å². The fourth-order valence-corrected chi connectivity index (χ4v) is 1.63. The number of nitrogens with one attached hydrogen (secondary N) is 1. The highest BCUT2D eigenvalue weighted by Gasteiger charge is 2.00. The van der Waals surface area contributed by atoms with Gasteiger partial charge in [0.2, 0.25) is 5.91 Å². The van der Waals surface area contributed by atoms with Gasteiger partial charge in [-0.15, -0.1) is 0 Å². The average Bonchev–Trinajstić information content (AvgIpc) is 2.21. The highest BCUT2D eigenvalue weighted by Crippen LogP contribution is 2.10. The van der Waals surface area contributed by atoms with Gasteiger partial charge in [-0.1, -0.05) is 23.8 Å². The van der Waals surface area contributed by atoms with Gasteiger partial charge >= 0.3 is 0 Å². The zero-order chi connectivity index (χ0) is 11.3. The Bertz CT molecular complexity index is 349. The molecule has 2 nitrogen and oxygen atoms in total. The number of hydrogen-bond donors (Lipinski definition) is 2. The fourth-order valence-electron chi connectivity index (χ4n) is 1.52. The Balaban J connectivity index is 2.47. The van der Waals surface area contributed by atoms with Crippen LogP contribution in [0.4, 0.5) is 0 Å². The fraction of sp³-hybridized carbons (Fsp3) is 0.417. The SMILES string of the molecule is Cc1ccc(CCNC(=O)CS)c(C)c1. The highest BCUT2D eigenvalue weighted by atomic mass is 32.1. The van der Waals surface area contributed by atoms with E-state index in [1.807, 2.05) is 0 Å². The second kappa shape index (κ2) is 5.81. The molecule has 82 valence electrons. The lowest BCUT2D eigenvalue weighted by Gasteiger charge is -2.07. The molecule has 0 aromatic heterocycles. The summed E-state index contributed by atoms with van der Waals surface area (Å²) in [5, 5.41) is 2.81. The van der Waals surface area contributed by atoms with Crippen LogP contribution in [0.15, 0.2) is 18.2 Å². The van der Waals surface area contributed by atoms with Crippen LogP contribution in [0.5, 0.6) is 0 Å². The van der Waals surface area contributed by atoms with Crippen molar-refractivity contribution < 1.29 is 4.79 Å². The van der Waals surface area contributed by atoms with Gasteiger partial charge in [0.1, 0.15) is 0 Å². The van der Waals surface area contributed by atoms with Crippen molar-refractivity contribution in [2.24, 2.45) is 0 Å². The molecular formula is C12H17NOS. The summed E-state index contributed by atoms with van der Waals surface area (Å²) in [6.07, 6.45) is 0.881. The minimum Gasteiger partial charge on any atom is -0.355 e. The van der Waals surface area contributed by atoms with E-state index in [2.05, 4.69) is 50.0 Å². The number of thiol groups is 1. The smallest absolute Gasteiger partial charge is 0.229 e. The van der Waals surface area contributed by atoms with E-state index < -0.39 is 0 Å². The number of benzene rings is 1. The number of aryl methyl sites for hydroxylation is 2. The van der Waals surface area contributed by atoms with Gasteiger partial charge in [-0.2, -0.15) is 12.6 Å². The molecule has 0 bridgehead atoms. The molecule has 1 aromatic carbocycles. The predicted octanol–water partition coefficient (Wildman–Crippen LogP) is 1.89. The lowest BCUT2D eigenvalue weighted by molar-refractivity contribution is -0.118. The van der Waals surface area contributed by atoms with E-state index in [-0.39, 0.29) is 11.7 Å². The van der Waals surface area contributed by atoms with Crippen LogP contribution in [-0.2, 0) is 11.2 Å². The number of carbonyl (C=O) groups is 1. The quantitative estimate of drug-likeness (QED) is 0.750. The molecule has 0 spiro atoms. The first kappa shape index (κ1) is 12.1. The lowest BCUT2D eigenvalue weighted by atomic mass is 10.0. The summed E-state index contributed by atoms with van der Waals surface area (Å²) in [5.74, 6) is 0.246. The zero-order valence-corrected chi connectivity index (χ0v) is 10.1. The normalized spacial score (nSPS) is 10.1. The van der Waals surface area contributed by atoms with E-state index in [4.69, 9.17) is 0 Å². The number of rotatable bonds is 4. The van der Waals surface area contributed by atoms with Crippen molar-refractivity contribution in [1.82, 2.24) is 5.32 Å². The van der Waals surface area contributed by atoms with Gasteiger partial charge in [-0.3, -0.25) is 4.79 Å². The standard InChI is InChI=1S/C12H17NOS/c1-9-3-4-11(10(2)7-9)5-6-13-12(14)8-15/h3-4,7,15H,5-6,8H2,1-2H3,(H,13,14). The molecule has 3 heteroatoms. The Morgan fingerprint density at radius 3 is 2.73 bits per heavy atom. The van der Waals surface area contributed by atoms with Crippen molar-refractivity contribution >= 4 is 18.5 Å². The molecule has 1 N–H and O–H groups in total. The molecule has 0 heterocycles. The molecular weight excluding hydrogens is 206 g/mol. The van der Waals surface area contributed by atoms with Gasteiger partial charge < -0.3 is 5.32 Å². The molecule has 1 aromatic rings. The third-order valence-electron chi connectivity index (χ3n) is 2.36. The molecule has 0 radical (unpaired) electrons. The van der Waals surface area contributed by atoms with Crippen LogP contribution >= 0.6 is 12.6 Å². The van der Waals surface area contributed by atoms with E-state index in [9.17, 15) is 4.79 Å². The van der Waals surface area contributed by atoms with Gasteiger partial charge in [0.15, 0.2) is 0 Å². The Labute approximate surface area is 96.5 Å². The first-order chi connectivity index (χ1) is 7.13. The summed E-state index contributed by atoms with van der Waals surface area (Å²) in [5.41, 5.74) is 3.85. The maximum absolute atomic E-state index is 11.0. The minimum atomic E-state index is -0.0110. The van der Waals surface area contributed by atoms with Crippen LogP contribution in [-0.4, -0.2) is 18.2 Å². The minimum absolute atomic E-state index is 0.0110. The van der Waals surface area contributed by atoms with E-state index >= 15 is 0 Å². The molecule has 0 atom stereocenters. The van der Waals surface area contributed by atoms with Crippen molar-refractivity contribution in [3.05, 3.63) is 34.9 Å². The largest absolute Gasteiger partial charge is 0.355 e. The van der Waals surface area contributed by atoms with Crippen LogP contribution in [0.2, 0.25) is 0 Å². The van der Waals surface area contributed by atoms with E-state index in [1.165, 1.54) is 16.7 Å². The Morgan fingerprint density at radius 1 is 1.40 bits per heavy atom. The molecule has 0 aliphatic heterocycles. The average molecular weight is 223 g/mol. The van der Waals surface area contributed by atoms with E-state index in [1.54, 1.807) is 0 Å². The van der Waals surface area contributed by atoms with Gasteiger partial charge in [-0.05, 0) is 31.4 Å². The molecule has 0 saturated carbocycles. The van der Waals surface area contributed by atoms with Crippen LogP contribution in [0.3, 0.4) is 0 Å². The summed E-state index contributed by atoms with van der Waals surface area (Å²) in [4.78, 5) is 11.0. The first-order valence-electron chi connectivity index (χ1n) is 5.07. The Morgan fingerprint density at radius 2 is 2.13 bits per heavy atom. The summed E-state index contributed by atoms with van der Waals surface area (Å²) in [6, 6.07) is 6.38. The number of carbonyl (C=O) groups excluding carboxylic acids is 1. The first-order valence-corrected chi connectivity index (χ1v) is 5.70. The van der Waals surface area contributed by atoms with Gasteiger partial charge in [0, 0.05) is 6.54 Å². The number of amides is 1. The van der Waals surface area contributed by atoms with Gasteiger partial charge in [-0.25, -0.2) is 0 Å². The second-order valence-electron chi connectivity index (χ2n) is 3.69. The molecule has 0 unspecified atom stereocenters. The third kappa shape index (κ3) is 3.96. The van der Waals surface area contributed by atoms with Crippen molar-refractivity contribution in [3.63, 3.8) is 0 Å². The maximum atomic E-state index is 11.0. The molecule has 15 heavy (non-hydrogen) atoms. The molecule has 0 aliphatic carbocycles. The second-order valence-corrected chi connectivity index (χ2v) is 4.00. The number of hydrogen-bond acceptors (Lipinski definition) is 2. The van der Waals surface area contributed by atoms with Crippen LogP contribution in [0, 0.1) is 13.8 Å². The Kier molecular flexibility index (Phi) is 4.69. The third-order valence-corrected chi connectivity index (χ3v) is 2.65. The monoisotopic (exact) mass is 223 g/mol. The van der Waals surface area contributed by atoms with Gasteiger partial charge in [0.05, 0.1) is 5.75 Å². The van der Waals surface area contributed by atoms with Crippen molar-refractivity contribution in [2.75, 3.05) is 12.3 Å². The maximum Gasteiger partial charge on any atom is 0.229 e. The summed E-state index contributed by atoms with van der Waals surface area (Å²) >= 11 is 3.90. The van der Waals surface area contributed by atoms with Crippen molar-refractivity contribution in [2.45, 2.75) is 20.3 Å². The Hall–Kier alpha value is -0.960. The van der Waals surface area contributed by atoms with Gasteiger partial charge in [0.25, 0.3) is 0 Å². The van der Waals surface area contributed by atoms with Crippen LogP contribution in [0.1, 0.15) is 16.7 Å². The summed E-state index contributed by atoms with van der Waals surface area (Å²) in [6.45, 7) is 4.87. The molecule has 0 aliphatic rings. The van der Waals surface area contributed by atoms with Crippen LogP contribution < -0.4 is 5.32 Å². The molecule has 1 amide bonds. The molecule has 0 saturated heterocycles. The van der Waals surface area contributed by atoms with E-state index in [0.717, 1.165) is 6.42 Å². The van der Waals surface area contributed by atoms with Crippen LogP contribution in [0.25, 0.3) is 0 Å². The highest BCUT2D eigenvalue weighted by molar-refractivity contribution is 7.81. The molecule has 0 fully saturated rings. The molecule has 1 rings (SSSR count).